The Balaban J connectivity index is 1.14. The van der Waals surface area contributed by atoms with E-state index in [1.54, 1.807) is 12.1 Å². The van der Waals surface area contributed by atoms with Gasteiger partial charge in [-0.05, 0) is 48.9 Å². The number of carbonyl (C=O) groups excluding carboxylic acids is 2. The lowest BCUT2D eigenvalue weighted by molar-refractivity contribution is -0.132. The van der Waals surface area contributed by atoms with E-state index in [0.717, 1.165) is 50.5 Å². The lowest BCUT2D eigenvalue weighted by Crippen LogP contribution is -2.49. The van der Waals surface area contributed by atoms with Gasteiger partial charge in [0.1, 0.15) is 18.2 Å². The fourth-order valence-electron chi connectivity index (χ4n) is 4.70. The molecule has 188 valence electrons. The van der Waals surface area contributed by atoms with Gasteiger partial charge in [0.25, 0.3) is 0 Å². The van der Waals surface area contributed by atoms with Crippen molar-refractivity contribution in [3.63, 3.8) is 0 Å². The third-order valence-corrected chi connectivity index (χ3v) is 6.64. The van der Waals surface area contributed by atoms with Crippen molar-refractivity contribution in [3.05, 3.63) is 65.5 Å². The van der Waals surface area contributed by atoms with E-state index in [1.807, 2.05) is 17.0 Å². The van der Waals surface area contributed by atoms with E-state index in [4.69, 9.17) is 4.74 Å². The number of amides is 2. The lowest BCUT2D eigenvalue weighted by atomic mass is 10.1. The molecule has 8 heteroatoms. The number of benzene rings is 2. The number of likely N-dealkylation sites (N-methyl/N-ethyl adjacent to an activating group) is 1. The molecule has 0 bridgehead atoms. The summed E-state index contributed by atoms with van der Waals surface area (Å²) in [4.78, 5) is 30.4. The number of hydrogen-bond acceptors (Lipinski definition) is 5. The molecule has 2 aromatic carbocycles. The van der Waals surface area contributed by atoms with Gasteiger partial charge in [-0.15, -0.1) is 0 Å². The van der Waals surface area contributed by atoms with Crippen LogP contribution in [-0.4, -0.2) is 85.5 Å². The molecule has 2 aliphatic rings. The molecule has 0 radical (unpaired) electrons. The number of rotatable bonds is 10. The highest BCUT2D eigenvalue weighted by molar-refractivity contribution is 5.79. The molecule has 2 saturated heterocycles. The quantitative estimate of drug-likeness (QED) is 0.563. The number of halogens is 1. The van der Waals surface area contributed by atoms with Gasteiger partial charge in [0.15, 0.2) is 0 Å². The molecule has 1 N–H and O–H groups in total. The van der Waals surface area contributed by atoms with Crippen LogP contribution in [0.15, 0.2) is 48.5 Å². The van der Waals surface area contributed by atoms with Crippen LogP contribution in [0.2, 0.25) is 0 Å². The molecule has 7 nitrogen and oxygen atoms in total. The second kappa shape index (κ2) is 12.1. The summed E-state index contributed by atoms with van der Waals surface area (Å²) in [5.74, 6) is 0.811. The van der Waals surface area contributed by atoms with Crippen molar-refractivity contribution in [2.24, 2.45) is 0 Å². The van der Waals surface area contributed by atoms with Crippen LogP contribution < -0.4 is 10.1 Å². The van der Waals surface area contributed by atoms with Crippen molar-refractivity contribution in [1.29, 1.82) is 0 Å². The molecule has 0 aliphatic carbocycles. The summed E-state index contributed by atoms with van der Waals surface area (Å²) >= 11 is 0. The minimum absolute atomic E-state index is 0.0876. The second-order valence-corrected chi connectivity index (χ2v) is 9.52. The van der Waals surface area contributed by atoms with Gasteiger partial charge >= 0.3 is 0 Å². The Morgan fingerprint density at radius 1 is 1.11 bits per heavy atom. The smallest absolute Gasteiger partial charge is 0.227 e. The van der Waals surface area contributed by atoms with Crippen molar-refractivity contribution >= 4 is 11.8 Å². The van der Waals surface area contributed by atoms with E-state index in [1.165, 1.54) is 17.7 Å². The van der Waals surface area contributed by atoms with Gasteiger partial charge in [-0.1, -0.05) is 24.3 Å². The molecule has 4 rings (SSSR count). The molecule has 2 amide bonds. The van der Waals surface area contributed by atoms with Gasteiger partial charge in [0.2, 0.25) is 11.8 Å². The second-order valence-electron chi connectivity index (χ2n) is 9.52. The summed E-state index contributed by atoms with van der Waals surface area (Å²) in [6.45, 7) is 6.09. The number of ether oxygens (including phenoxy) is 1. The predicted octanol–water partition coefficient (Wildman–Crippen LogP) is 2.30. The molecule has 2 aliphatic heterocycles. The number of nitrogens with one attached hydrogen (secondary N) is 1. The van der Waals surface area contributed by atoms with Crippen LogP contribution in [0.5, 0.6) is 5.75 Å². The number of hydrogen-bond donors (Lipinski definition) is 1. The van der Waals surface area contributed by atoms with Crippen molar-refractivity contribution in [3.8, 4) is 5.75 Å². The number of carbonyl (C=O) groups is 2. The van der Waals surface area contributed by atoms with Crippen molar-refractivity contribution in [2.75, 3.05) is 52.9 Å². The van der Waals surface area contributed by atoms with Gasteiger partial charge in [0, 0.05) is 58.3 Å². The molecule has 2 aromatic rings. The Hall–Kier alpha value is -2.97. The molecular weight excluding hydrogens is 447 g/mol. The third-order valence-electron chi connectivity index (χ3n) is 6.64. The van der Waals surface area contributed by atoms with Crippen LogP contribution in [0.25, 0.3) is 0 Å². The highest BCUT2D eigenvalue weighted by Crippen LogP contribution is 2.16. The summed E-state index contributed by atoms with van der Waals surface area (Å²) in [5.41, 5.74) is 2.02. The predicted molar refractivity (Wildman–Crippen MR) is 133 cm³/mol. The maximum atomic E-state index is 13.1. The van der Waals surface area contributed by atoms with E-state index in [0.29, 0.717) is 32.5 Å². The van der Waals surface area contributed by atoms with E-state index < -0.39 is 0 Å². The maximum Gasteiger partial charge on any atom is 0.227 e. The summed E-state index contributed by atoms with van der Waals surface area (Å²) in [6.07, 6.45) is 1.84. The largest absolute Gasteiger partial charge is 0.492 e. The Labute approximate surface area is 206 Å². The Morgan fingerprint density at radius 3 is 2.60 bits per heavy atom. The van der Waals surface area contributed by atoms with Gasteiger partial charge in [-0.2, -0.15) is 0 Å². The van der Waals surface area contributed by atoms with Crippen LogP contribution >= 0.6 is 0 Å². The van der Waals surface area contributed by atoms with Crippen LogP contribution in [-0.2, 0) is 22.6 Å². The van der Waals surface area contributed by atoms with Crippen molar-refractivity contribution < 1.29 is 18.7 Å². The molecule has 2 heterocycles. The Kier molecular flexibility index (Phi) is 8.71. The molecule has 0 spiro atoms. The fraction of sp³-hybridized carbons (Fsp3) is 0.481. The summed E-state index contributed by atoms with van der Waals surface area (Å²) < 4.78 is 19.1. The molecule has 2 fully saturated rings. The minimum Gasteiger partial charge on any atom is -0.492 e. The first-order valence-electron chi connectivity index (χ1n) is 12.4. The van der Waals surface area contributed by atoms with Crippen LogP contribution in [0, 0.1) is 5.82 Å². The standard InChI is InChI=1S/C27H35FN4O3/c1-30(20-24-9-10-26(33)29-24)19-22-3-2-4-25(17-22)35-16-15-31-11-13-32(14-12-31)27(34)18-21-5-7-23(28)8-6-21/h2-8,17,24H,9-16,18-20H2,1H3,(H,29,33). The molecular formula is C27H35FN4O3. The highest BCUT2D eigenvalue weighted by atomic mass is 19.1. The van der Waals surface area contributed by atoms with E-state index in [9.17, 15) is 14.0 Å². The van der Waals surface area contributed by atoms with Gasteiger partial charge in [0.05, 0.1) is 6.42 Å². The van der Waals surface area contributed by atoms with E-state index >= 15 is 0 Å². The van der Waals surface area contributed by atoms with Gasteiger partial charge in [-0.25, -0.2) is 4.39 Å². The first-order chi connectivity index (χ1) is 16.9. The zero-order valence-electron chi connectivity index (χ0n) is 20.4. The molecule has 1 unspecified atom stereocenters. The van der Waals surface area contributed by atoms with Gasteiger partial charge < -0.3 is 19.9 Å². The maximum absolute atomic E-state index is 13.1. The first-order valence-corrected chi connectivity index (χ1v) is 12.4. The summed E-state index contributed by atoms with van der Waals surface area (Å²) in [7, 11) is 2.07. The van der Waals surface area contributed by atoms with Crippen molar-refractivity contribution in [1.82, 2.24) is 20.0 Å². The van der Waals surface area contributed by atoms with Crippen LogP contribution in [0.1, 0.15) is 24.0 Å². The van der Waals surface area contributed by atoms with Gasteiger partial charge in [-0.3, -0.25) is 14.5 Å². The molecule has 35 heavy (non-hydrogen) atoms. The highest BCUT2D eigenvalue weighted by Gasteiger charge is 2.22. The minimum atomic E-state index is -0.285. The first kappa shape index (κ1) is 25.1. The van der Waals surface area contributed by atoms with E-state index in [-0.39, 0.29) is 23.7 Å². The summed E-state index contributed by atoms with van der Waals surface area (Å²) in [5, 5.41) is 3.02. The zero-order chi connectivity index (χ0) is 24.6. The monoisotopic (exact) mass is 482 g/mol. The third kappa shape index (κ3) is 7.77. The van der Waals surface area contributed by atoms with Crippen molar-refractivity contribution in [2.45, 2.75) is 31.8 Å². The Morgan fingerprint density at radius 2 is 1.89 bits per heavy atom. The normalized spacial score (nSPS) is 18.7. The van der Waals surface area contributed by atoms with E-state index in [2.05, 4.69) is 34.3 Å². The average Bonchev–Trinajstić information content (AvgIpc) is 3.25. The zero-order valence-corrected chi connectivity index (χ0v) is 20.4. The lowest BCUT2D eigenvalue weighted by Gasteiger charge is -2.34. The number of nitrogens with zero attached hydrogens (tertiary/aromatic N) is 3. The topological polar surface area (TPSA) is 65.1 Å². The molecule has 0 aromatic heterocycles. The SMILES string of the molecule is CN(Cc1cccc(OCCN2CCN(C(=O)Cc3ccc(F)cc3)CC2)c1)CC1CCC(=O)N1. The molecule has 0 saturated carbocycles. The van der Waals surface area contributed by atoms with Crippen LogP contribution in [0.3, 0.4) is 0 Å². The average molecular weight is 483 g/mol. The summed E-state index contributed by atoms with van der Waals surface area (Å²) in [6, 6.07) is 14.5. The molecule has 1 atom stereocenters. The Bertz CT molecular complexity index is 992. The fourth-order valence-corrected chi connectivity index (χ4v) is 4.70. The number of piperazine rings is 1. The van der Waals surface area contributed by atoms with Crippen LogP contribution in [0.4, 0.5) is 4.39 Å².